The Kier molecular flexibility index (Phi) is 2.61. The highest BCUT2D eigenvalue weighted by Gasteiger charge is 2.11. The molecule has 1 heteroatoms. The zero-order valence-electron chi connectivity index (χ0n) is 6.79. The molecule has 0 saturated carbocycles. The fourth-order valence-corrected chi connectivity index (χ4v) is 1.57. The van der Waals surface area contributed by atoms with Gasteiger partial charge in [-0.05, 0) is 18.1 Å². The van der Waals surface area contributed by atoms with Crippen LogP contribution in [0.5, 0.6) is 0 Å². The fraction of sp³-hybridized carbons (Fsp3) is 0.556. The standard InChI is InChI=1S/C9H14S/c1-7(2)8-4-5-9(6-8)10-3/h4-8H,1-3H3. The zero-order chi connectivity index (χ0) is 7.56. The summed E-state index contributed by atoms with van der Waals surface area (Å²) in [5.41, 5.74) is 0. The van der Waals surface area contributed by atoms with Crippen LogP contribution in [0.2, 0.25) is 0 Å². The predicted octanol–water partition coefficient (Wildman–Crippen LogP) is 3.08. The van der Waals surface area contributed by atoms with Gasteiger partial charge in [0.05, 0.1) is 0 Å². The van der Waals surface area contributed by atoms with Gasteiger partial charge in [-0.15, -0.1) is 11.8 Å². The third kappa shape index (κ3) is 1.66. The number of hydrogen-bond donors (Lipinski definition) is 0. The SMILES string of the molecule is CSC1=CC(C(C)C)C=C1. The molecule has 0 aliphatic heterocycles. The molecule has 0 radical (unpaired) electrons. The lowest BCUT2D eigenvalue weighted by molar-refractivity contribution is 0.555. The van der Waals surface area contributed by atoms with Gasteiger partial charge in [-0.25, -0.2) is 0 Å². The topological polar surface area (TPSA) is 0 Å². The van der Waals surface area contributed by atoms with Crippen molar-refractivity contribution in [1.82, 2.24) is 0 Å². The molecule has 0 aromatic rings. The van der Waals surface area contributed by atoms with E-state index in [0.717, 1.165) is 5.92 Å². The minimum absolute atomic E-state index is 0.683. The van der Waals surface area contributed by atoms with Crippen molar-refractivity contribution in [3.63, 3.8) is 0 Å². The largest absolute Gasteiger partial charge is 0.130 e. The van der Waals surface area contributed by atoms with Gasteiger partial charge in [-0.2, -0.15) is 0 Å². The van der Waals surface area contributed by atoms with E-state index in [0.29, 0.717) is 5.92 Å². The van der Waals surface area contributed by atoms with Gasteiger partial charge in [-0.3, -0.25) is 0 Å². The Morgan fingerprint density at radius 1 is 1.50 bits per heavy atom. The first kappa shape index (κ1) is 7.93. The molecule has 10 heavy (non-hydrogen) atoms. The molecule has 0 nitrogen and oxygen atoms in total. The minimum Gasteiger partial charge on any atom is -0.130 e. The molecule has 1 aliphatic carbocycles. The van der Waals surface area contributed by atoms with Crippen molar-refractivity contribution in [3.8, 4) is 0 Å². The Morgan fingerprint density at radius 3 is 2.50 bits per heavy atom. The molecule has 0 bridgehead atoms. The molecule has 0 aromatic carbocycles. The molecule has 0 amide bonds. The van der Waals surface area contributed by atoms with Crippen molar-refractivity contribution in [2.75, 3.05) is 6.26 Å². The Labute approximate surface area is 67.4 Å². The van der Waals surface area contributed by atoms with Crippen LogP contribution in [0.15, 0.2) is 23.1 Å². The average Bonchev–Trinajstić information content (AvgIpc) is 2.34. The summed E-state index contributed by atoms with van der Waals surface area (Å²) >= 11 is 1.83. The molecule has 0 heterocycles. The Hall–Kier alpha value is -0.170. The highest BCUT2D eigenvalue weighted by atomic mass is 32.2. The molecule has 0 fully saturated rings. The van der Waals surface area contributed by atoms with Crippen molar-refractivity contribution < 1.29 is 0 Å². The van der Waals surface area contributed by atoms with E-state index in [2.05, 4.69) is 38.3 Å². The maximum atomic E-state index is 2.34. The normalized spacial score (nSPS) is 24.0. The number of thioether (sulfide) groups is 1. The van der Waals surface area contributed by atoms with Gasteiger partial charge in [0.1, 0.15) is 0 Å². The quantitative estimate of drug-likeness (QED) is 0.589. The van der Waals surface area contributed by atoms with E-state index >= 15 is 0 Å². The number of hydrogen-bond acceptors (Lipinski definition) is 1. The van der Waals surface area contributed by atoms with Crippen molar-refractivity contribution in [2.24, 2.45) is 11.8 Å². The first-order valence-electron chi connectivity index (χ1n) is 3.68. The lowest BCUT2D eigenvalue weighted by Gasteiger charge is -2.07. The number of allylic oxidation sites excluding steroid dienone is 3. The second-order valence-electron chi connectivity index (χ2n) is 2.95. The van der Waals surface area contributed by atoms with E-state index in [-0.39, 0.29) is 0 Å². The first-order chi connectivity index (χ1) is 4.74. The van der Waals surface area contributed by atoms with E-state index in [9.17, 15) is 0 Å². The molecule has 1 atom stereocenters. The molecule has 0 aromatic heterocycles. The summed E-state index contributed by atoms with van der Waals surface area (Å²) in [6.07, 6.45) is 8.97. The van der Waals surface area contributed by atoms with E-state index in [1.54, 1.807) is 0 Å². The van der Waals surface area contributed by atoms with E-state index in [1.807, 2.05) is 11.8 Å². The monoisotopic (exact) mass is 154 g/mol. The Balaban J connectivity index is 2.57. The second kappa shape index (κ2) is 3.29. The van der Waals surface area contributed by atoms with Gasteiger partial charge in [0.15, 0.2) is 0 Å². The Morgan fingerprint density at radius 2 is 2.20 bits per heavy atom. The summed E-state index contributed by atoms with van der Waals surface area (Å²) in [5.74, 6) is 1.43. The van der Waals surface area contributed by atoms with Gasteiger partial charge in [0, 0.05) is 4.91 Å². The summed E-state index contributed by atoms with van der Waals surface area (Å²) in [6, 6.07) is 0. The van der Waals surface area contributed by atoms with Gasteiger partial charge in [0.2, 0.25) is 0 Å². The van der Waals surface area contributed by atoms with Crippen LogP contribution in [0.3, 0.4) is 0 Å². The molecule has 0 saturated heterocycles. The maximum absolute atomic E-state index is 2.34. The van der Waals surface area contributed by atoms with Crippen LogP contribution in [0, 0.1) is 11.8 Å². The van der Waals surface area contributed by atoms with Gasteiger partial charge in [0.25, 0.3) is 0 Å². The van der Waals surface area contributed by atoms with Crippen molar-refractivity contribution >= 4 is 11.8 Å². The van der Waals surface area contributed by atoms with Crippen LogP contribution in [0.1, 0.15) is 13.8 Å². The maximum Gasteiger partial charge on any atom is 0.00322 e. The molecular formula is C9H14S. The lowest BCUT2D eigenvalue weighted by Crippen LogP contribution is -1.98. The average molecular weight is 154 g/mol. The van der Waals surface area contributed by atoms with E-state index < -0.39 is 0 Å². The lowest BCUT2D eigenvalue weighted by atomic mass is 9.98. The molecule has 0 N–H and O–H groups in total. The van der Waals surface area contributed by atoms with Crippen molar-refractivity contribution in [2.45, 2.75) is 13.8 Å². The summed E-state index contributed by atoms with van der Waals surface area (Å²) in [5, 5.41) is 0. The van der Waals surface area contributed by atoms with Crippen LogP contribution < -0.4 is 0 Å². The van der Waals surface area contributed by atoms with Gasteiger partial charge < -0.3 is 0 Å². The van der Waals surface area contributed by atoms with Gasteiger partial charge >= 0.3 is 0 Å². The molecule has 1 aliphatic rings. The molecule has 56 valence electrons. The summed E-state index contributed by atoms with van der Waals surface area (Å²) in [4.78, 5) is 1.42. The Bertz CT molecular complexity index is 166. The molecule has 1 unspecified atom stereocenters. The first-order valence-corrected chi connectivity index (χ1v) is 4.90. The van der Waals surface area contributed by atoms with Crippen molar-refractivity contribution in [3.05, 3.63) is 23.1 Å². The second-order valence-corrected chi connectivity index (χ2v) is 3.83. The molecule has 1 rings (SSSR count). The van der Waals surface area contributed by atoms with E-state index in [4.69, 9.17) is 0 Å². The third-order valence-electron chi connectivity index (χ3n) is 1.84. The highest BCUT2D eigenvalue weighted by molar-refractivity contribution is 8.02. The fourth-order valence-electron chi connectivity index (χ4n) is 1.06. The smallest absolute Gasteiger partial charge is 0.00322 e. The molecule has 0 spiro atoms. The minimum atomic E-state index is 0.683. The van der Waals surface area contributed by atoms with E-state index in [1.165, 1.54) is 4.91 Å². The number of rotatable bonds is 2. The van der Waals surface area contributed by atoms with Gasteiger partial charge in [-0.1, -0.05) is 32.1 Å². The predicted molar refractivity (Wildman–Crippen MR) is 49.1 cm³/mol. The van der Waals surface area contributed by atoms with Crippen LogP contribution in [-0.2, 0) is 0 Å². The molecular weight excluding hydrogens is 140 g/mol. The zero-order valence-corrected chi connectivity index (χ0v) is 7.61. The summed E-state index contributed by atoms with van der Waals surface area (Å²) < 4.78 is 0. The van der Waals surface area contributed by atoms with Crippen LogP contribution in [-0.4, -0.2) is 6.26 Å². The van der Waals surface area contributed by atoms with Crippen molar-refractivity contribution in [1.29, 1.82) is 0 Å². The highest BCUT2D eigenvalue weighted by Crippen LogP contribution is 2.27. The van der Waals surface area contributed by atoms with Crippen LogP contribution >= 0.6 is 11.8 Å². The van der Waals surface area contributed by atoms with Crippen LogP contribution in [0.4, 0.5) is 0 Å². The summed E-state index contributed by atoms with van der Waals surface area (Å²) in [6.45, 7) is 4.52. The summed E-state index contributed by atoms with van der Waals surface area (Å²) in [7, 11) is 0. The third-order valence-corrected chi connectivity index (χ3v) is 2.59. The van der Waals surface area contributed by atoms with Crippen LogP contribution in [0.25, 0.3) is 0 Å².